The number of hydrogen-bond acceptors (Lipinski definition) is 3. The Balaban J connectivity index is 2.50. The first kappa shape index (κ1) is 10.9. The first-order chi connectivity index (χ1) is 6.76. The summed E-state index contributed by atoms with van der Waals surface area (Å²) in [6.07, 6.45) is 1.03. The maximum Gasteiger partial charge on any atom is 0.119 e. The summed E-state index contributed by atoms with van der Waals surface area (Å²) in [7, 11) is 1.65. The SMILES string of the molecule is COc1ccc(OC(C)CCN)cc1. The van der Waals surface area contributed by atoms with Crippen LogP contribution in [0.2, 0.25) is 0 Å². The first-order valence-corrected chi connectivity index (χ1v) is 4.77. The van der Waals surface area contributed by atoms with E-state index in [1.165, 1.54) is 0 Å². The van der Waals surface area contributed by atoms with Crippen molar-refractivity contribution in [1.29, 1.82) is 0 Å². The minimum absolute atomic E-state index is 0.161. The summed E-state index contributed by atoms with van der Waals surface area (Å²) in [6.45, 7) is 2.66. The van der Waals surface area contributed by atoms with Crippen LogP contribution in [-0.4, -0.2) is 19.8 Å². The largest absolute Gasteiger partial charge is 0.497 e. The van der Waals surface area contributed by atoms with Gasteiger partial charge in [-0.2, -0.15) is 0 Å². The van der Waals surface area contributed by atoms with Gasteiger partial charge in [0.05, 0.1) is 13.2 Å². The molecule has 1 rings (SSSR count). The zero-order chi connectivity index (χ0) is 10.4. The van der Waals surface area contributed by atoms with Gasteiger partial charge in [-0.25, -0.2) is 0 Å². The quantitative estimate of drug-likeness (QED) is 0.779. The molecular formula is C11H17NO2. The zero-order valence-electron chi connectivity index (χ0n) is 8.69. The first-order valence-electron chi connectivity index (χ1n) is 4.77. The van der Waals surface area contributed by atoms with Crippen molar-refractivity contribution >= 4 is 0 Å². The van der Waals surface area contributed by atoms with Gasteiger partial charge in [0.15, 0.2) is 0 Å². The lowest BCUT2D eigenvalue weighted by Gasteiger charge is -2.13. The molecular weight excluding hydrogens is 178 g/mol. The van der Waals surface area contributed by atoms with Crippen LogP contribution >= 0.6 is 0 Å². The van der Waals surface area contributed by atoms with Gasteiger partial charge in [-0.3, -0.25) is 0 Å². The minimum atomic E-state index is 0.161. The summed E-state index contributed by atoms with van der Waals surface area (Å²) in [5.74, 6) is 1.69. The van der Waals surface area contributed by atoms with E-state index in [4.69, 9.17) is 15.2 Å². The molecule has 0 aliphatic rings. The van der Waals surface area contributed by atoms with E-state index in [0.717, 1.165) is 17.9 Å². The molecule has 3 heteroatoms. The van der Waals surface area contributed by atoms with Crippen molar-refractivity contribution in [1.82, 2.24) is 0 Å². The van der Waals surface area contributed by atoms with E-state index in [2.05, 4.69) is 0 Å². The number of rotatable bonds is 5. The van der Waals surface area contributed by atoms with Crippen LogP contribution in [0.25, 0.3) is 0 Å². The monoisotopic (exact) mass is 195 g/mol. The number of ether oxygens (including phenoxy) is 2. The Morgan fingerprint density at radius 1 is 1.21 bits per heavy atom. The van der Waals surface area contributed by atoms with Crippen LogP contribution in [0.1, 0.15) is 13.3 Å². The maximum absolute atomic E-state index is 5.62. The normalized spacial score (nSPS) is 12.2. The fourth-order valence-corrected chi connectivity index (χ4v) is 1.18. The van der Waals surface area contributed by atoms with Crippen LogP contribution in [-0.2, 0) is 0 Å². The third-order valence-corrected chi connectivity index (χ3v) is 1.97. The average Bonchev–Trinajstić information content (AvgIpc) is 2.19. The van der Waals surface area contributed by atoms with Gasteiger partial charge in [-0.05, 0) is 44.2 Å². The summed E-state index contributed by atoms with van der Waals surface area (Å²) in [6, 6.07) is 7.55. The minimum Gasteiger partial charge on any atom is -0.497 e. The van der Waals surface area contributed by atoms with Crippen LogP contribution in [0.4, 0.5) is 0 Å². The topological polar surface area (TPSA) is 44.5 Å². The third kappa shape index (κ3) is 3.26. The van der Waals surface area contributed by atoms with Gasteiger partial charge in [-0.15, -0.1) is 0 Å². The molecule has 0 amide bonds. The van der Waals surface area contributed by atoms with E-state index in [1.54, 1.807) is 7.11 Å². The summed E-state index contributed by atoms with van der Waals surface area (Å²) >= 11 is 0. The third-order valence-electron chi connectivity index (χ3n) is 1.97. The van der Waals surface area contributed by atoms with Crippen LogP contribution in [0.15, 0.2) is 24.3 Å². The average molecular weight is 195 g/mol. The fourth-order valence-electron chi connectivity index (χ4n) is 1.18. The van der Waals surface area contributed by atoms with Crippen molar-refractivity contribution < 1.29 is 9.47 Å². The van der Waals surface area contributed by atoms with Crippen molar-refractivity contribution in [3.63, 3.8) is 0 Å². The molecule has 0 fully saturated rings. The van der Waals surface area contributed by atoms with Crippen LogP contribution in [0.5, 0.6) is 11.5 Å². The van der Waals surface area contributed by atoms with Crippen LogP contribution in [0.3, 0.4) is 0 Å². The summed E-state index contributed by atoms with van der Waals surface area (Å²) in [5, 5.41) is 0. The molecule has 0 aromatic heterocycles. The second kappa shape index (κ2) is 5.50. The predicted molar refractivity (Wildman–Crippen MR) is 56.8 cm³/mol. The van der Waals surface area contributed by atoms with Gasteiger partial charge in [0.25, 0.3) is 0 Å². The van der Waals surface area contributed by atoms with E-state index in [1.807, 2.05) is 31.2 Å². The Hall–Kier alpha value is -1.22. The van der Waals surface area contributed by atoms with E-state index in [9.17, 15) is 0 Å². The second-order valence-electron chi connectivity index (χ2n) is 3.18. The number of hydrogen-bond donors (Lipinski definition) is 1. The van der Waals surface area contributed by atoms with Gasteiger partial charge in [0, 0.05) is 0 Å². The van der Waals surface area contributed by atoms with E-state index < -0.39 is 0 Å². The van der Waals surface area contributed by atoms with Gasteiger partial charge >= 0.3 is 0 Å². The lowest BCUT2D eigenvalue weighted by atomic mass is 10.3. The molecule has 0 bridgehead atoms. The summed E-state index contributed by atoms with van der Waals surface area (Å²) in [4.78, 5) is 0. The molecule has 1 aromatic rings. The van der Waals surface area contributed by atoms with Crippen molar-refractivity contribution in [2.75, 3.05) is 13.7 Å². The highest BCUT2D eigenvalue weighted by atomic mass is 16.5. The fraction of sp³-hybridized carbons (Fsp3) is 0.455. The van der Waals surface area contributed by atoms with Gasteiger partial charge in [-0.1, -0.05) is 0 Å². The van der Waals surface area contributed by atoms with E-state index >= 15 is 0 Å². The Labute approximate surface area is 84.8 Å². The van der Waals surface area contributed by atoms with Gasteiger partial charge < -0.3 is 15.2 Å². The Morgan fingerprint density at radius 3 is 2.29 bits per heavy atom. The molecule has 0 spiro atoms. The van der Waals surface area contributed by atoms with E-state index in [-0.39, 0.29) is 6.10 Å². The molecule has 2 N–H and O–H groups in total. The number of nitrogens with two attached hydrogens (primary N) is 1. The highest BCUT2D eigenvalue weighted by molar-refractivity contribution is 5.31. The molecule has 0 saturated heterocycles. The van der Waals surface area contributed by atoms with Gasteiger partial charge in [0.1, 0.15) is 11.5 Å². The second-order valence-corrected chi connectivity index (χ2v) is 3.18. The van der Waals surface area contributed by atoms with Crippen LogP contribution < -0.4 is 15.2 Å². The lowest BCUT2D eigenvalue weighted by molar-refractivity contribution is 0.213. The molecule has 1 unspecified atom stereocenters. The molecule has 0 aliphatic heterocycles. The molecule has 0 heterocycles. The van der Waals surface area contributed by atoms with Crippen molar-refractivity contribution in [2.24, 2.45) is 5.73 Å². The standard InChI is InChI=1S/C11H17NO2/c1-9(7-8-12)14-11-5-3-10(13-2)4-6-11/h3-6,9H,7-8,12H2,1-2H3. The molecule has 14 heavy (non-hydrogen) atoms. The molecule has 78 valence electrons. The highest BCUT2D eigenvalue weighted by Crippen LogP contribution is 2.18. The number of benzene rings is 1. The highest BCUT2D eigenvalue weighted by Gasteiger charge is 2.02. The zero-order valence-corrected chi connectivity index (χ0v) is 8.69. The molecule has 1 aromatic carbocycles. The van der Waals surface area contributed by atoms with Crippen molar-refractivity contribution in [2.45, 2.75) is 19.4 Å². The predicted octanol–water partition coefficient (Wildman–Crippen LogP) is 1.81. The molecule has 0 saturated carbocycles. The van der Waals surface area contributed by atoms with E-state index in [0.29, 0.717) is 6.54 Å². The molecule has 3 nitrogen and oxygen atoms in total. The summed E-state index contributed by atoms with van der Waals surface area (Å²) < 4.78 is 10.7. The van der Waals surface area contributed by atoms with Crippen LogP contribution in [0, 0.1) is 0 Å². The van der Waals surface area contributed by atoms with Crippen molar-refractivity contribution in [3.8, 4) is 11.5 Å². The summed E-state index contributed by atoms with van der Waals surface area (Å²) in [5.41, 5.74) is 5.43. The smallest absolute Gasteiger partial charge is 0.119 e. The maximum atomic E-state index is 5.62. The Kier molecular flexibility index (Phi) is 4.26. The molecule has 0 aliphatic carbocycles. The number of methoxy groups -OCH3 is 1. The molecule has 0 radical (unpaired) electrons. The molecule has 1 atom stereocenters. The van der Waals surface area contributed by atoms with Gasteiger partial charge in [0.2, 0.25) is 0 Å². The Bertz CT molecular complexity index is 258. The van der Waals surface area contributed by atoms with Crippen molar-refractivity contribution in [3.05, 3.63) is 24.3 Å². The Morgan fingerprint density at radius 2 is 1.79 bits per heavy atom. The lowest BCUT2D eigenvalue weighted by Crippen LogP contribution is -2.16.